The Morgan fingerprint density at radius 3 is 1.65 bits per heavy atom. The van der Waals surface area contributed by atoms with E-state index in [1.807, 2.05) is 18.3 Å². The van der Waals surface area contributed by atoms with Crippen molar-refractivity contribution in [1.82, 2.24) is 9.55 Å². The molecule has 3 heterocycles. The number of aromatic nitrogens is 2. The van der Waals surface area contributed by atoms with E-state index in [0.29, 0.717) is 11.5 Å². The Labute approximate surface area is 439 Å². The van der Waals surface area contributed by atoms with E-state index in [-0.39, 0.29) is 53.6 Å². The molecule has 0 aliphatic carbocycles. The first kappa shape index (κ1) is 51.7. The van der Waals surface area contributed by atoms with E-state index in [0.717, 1.165) is 50.4 Å². The van der Waals surface area contributed by atoms with Crippen LogP contribution in [-0.4, -0.2) is 9.55 Å². The van der Waals surface area contributed by atoms with Crippen molar-refractivity contribution in [3.8, 4) is 17.3 Å². The molecule has 0 fully saturated rings. The molecule has 6 heteroatoms. The summed E-state index contributed by atoms with van der Waals surface area (Å²) in [5.41, 5.74) is 14.8. The normalized spacial score (nSPS) is 13.8. The van der Waals surface area contributed by atoms with Crippen LogP contribution >= 0.6 is 0 Å². The molecule has 0 atom stereocenters. The van der Waals surface area contributed by atoms with Crippen molar-refractivity contribution in [2.45, 2.75) is 150 Å². The van der Waals surface area contributed by atoms with Crippen LogP contribution in [0.4, 0.5) is 22.7 Å². The van der Waals surface area contributed by atoms with Crippen LogP contribution in [0.15, 0.2) is 128 Å². The zero-order valence-corrected chi connectivity index (χ0v) is 47.5. The summed E-state index contributed by atoms with van der Waals surface area (Å²) in [5, 5.41) is 2.24. The van der Waals surface area contributed by atoms with Crippen LogP contribution in [0.1, 0.15) is 157 Å². The number of ether oxygens (including phenoxy) is 1. The van der Waals surface area contributed by atoms with Crippen LogP contribution in [-0.2, 0) is 53.6 Å². The average molecular weight is 1120 g/mol. The first-order valence-electron chi connectivity index (χ1n) is 25.1. The van der Waals surface area contributed by atoms with Crippen LogP contribution in [0.5, 0.6) is 11.5 Å². The summed E-state index contributed by atoms with van der Waals surface area (Å²) < 4.78 is 9.08. The van der Waals surface area contributed by atoms with E-state index in [2.05, 4.69) is 260 Å². The number of nitrogens with zero attached hydrogens (tertiary/aromatic N) is 4. The number of hydrogen-bond donors (Lipinski definition) is 0. The second-order valence-corrected chi connectivity index (χ2v) is 25.3. The van der Waals surface area contributed by atoms with Crippen LogP contribution in [0.2, 0.25) is 0 Å². The van der Waals surface area contributed by atoms with E-state index >= 15 is 0 Å². The number of fused-ring (bicyclic) bond motifs is 4. The summed E-state index contributed by atoms with van der Waals surface area (Å²) in [6.07, 6.45) is 1.93. The Balaban J connectivity index is 0.00000676. The van der Waals surface area contributed by atoms with E-state index in [1.165, 1.54) is 38.9 Å². The van der Waals surface area contributed by atoms with Gasteiger partial charge in [0.15, 0.2) is 0 Å². The topological polar surface area (TPSA) is 33.5 Å². The third-order valence-electron chi connectivity index (χ3n) is 14.3. The summed E-state index contributed by atoms with van der Waals surface area (Å²) in [7, 11) is 0. The van der Waals surface area contributed by atoms with Crippen LogP contribution < -0.4 is 14.5 Å². The molecule has 6 aromatic carbocycles. The van der Waals surface area contributed by atoms with E-state index in [9.17, 15) is 0 Å². The molecule has 0 saturated heterocycles. The zero-order chi connectivity index (χ0) is 50.5. The molecule has 0 N–H and O–H groups in total. The Kier molecular flexibility index (Phi) is 13.2. The molecule has 0 amide bonds. The molecule has 0 radical (unpaired) electrons. The van der Waals surface area contributed by atoms with E-state index in [1.54, 1.807) is 0 Å². The van der Waals surface area contributed by atoms with Crippen molar-refractivity contribution in [2.24, 2.45) is 0 Å². The van der Waals surface area contributed by atoms with E-state index < -0.39 is 0 Å². The molecule has 5 nitrogen and oxygen atoms in total. The Morgan fingerprint density at radius 1 is 0.465 bits per heavy atom. The molecular formula is C65H73N4OPt-3. The van der Waals surface area contributed by atoms with Crippen molar-refractivity contribution in [3.05, 3.63) is 185 Å². The van der Waals surface area contributed by atoms with Crippen molar-refractivity contribution in [2.75, 3.05) is 9.80 Å². The summed E-state index contributed by atoms with van der Waals surface area (Å²) in [6.45, 7) is 41.4. The smallest absolute Gasteiger partial charge is 0.135 e. The average Bonchev–Trinajstić information content (AvgIpc) is 3.83. The maximum absolute atomic E-state index is 6.84. The molecule has 1 aliphatic heterocycles. The molecule has 9 rings (SSSR count). The third kappa shape index (κ3) is 9.98. The van der Waals surface area contributed by atoms with Crippen molar-refractivity contribution >= 4 is 44.6 Å². The molecule has 372 valence electrons. The summed E-state index contributed by atoms with van der Waals surface area (Å²) in [4.78, 5) is 9.66. The van der Waals surface area contributed by atoms with Gasteiger partial charge in [0.05, 0.1) is 0 Å². The van der Waals surface area contributed by atoms with Gasteiger partial charge in [-0.05, 0) is 114 Å². The van der Waals surface area contributed by atoms with Crippen LogP contribution in [0.25, 0.3) is 27.6 Å². The largest absolute Gasteiger partial charge is 0.509 e. The SMILES string of the molecule is CC(C)(C)c1cc(N2[CH-]N(c3[c-]c(Oc4[c-]c5c(cc4)c4cc(C(C)(C)c6ccccc6)ccc4n5-c4cc(C(C)(C)C)ccn4)ccc3)c3cc(C(C)(C)C)c(C(C)(C)C)cc32)cc(C(C)(C)C)c1.[Pt]. The molecule has 0 bridgehead atoms. The van der Waals surface area contributed by atoms with Gasteiger partial charge in [-0.2, -0.15) is 12.1 Å². The summed E-state index contributed by atoms with van der Waals surface area (Å²) in [6, 6.07) is 51.8. The molecule has 2 aromatic heterocycles. The Bertz CT molecular complexity index is 3240. The van der Waals surface area contributed by atoms with Crippen molar-refractivity contribution in [1.29, 1.82) is 0 Å². The maximum atomic E-state index is 6.84. The minimum absolute atomic E-state index is 0. The maximum Gasteiger partial charge on any atom is 0.135 e. The minimum Gasteiger partial charge on any atom is -0.509 e. The number of rotatable bonds is 7. The molecule has 71 heavy (non-hydrogen) atoms. The van der Waals surface area contributed by atoms with Crippen LogP contribution in [0, 0.1) is 18.8 Å². The fraction of sp³-hybridized carbons (Fsp3) is 0.354. The molecule has 1 aliphatic rings. The second kappa shape index (κ2) is 18.1. The summed E-state index contributed by atoms with van der Waals surface area (Å²) >= 11 is 0. The number of hydrogen-bond acceptors (Lipinski definition) is 4. The van der Waals surface area contributed by atoms with Gasteiger partial charge in [0.1, 0.15) is 5.82 Å². The minimum atomic E-state index is -0.207. The number of anilines is 4. The van der Waals surface area contributed by atoms with Gasteiger partial charge in [0.2, 0.25) is 0 Å². The quantitative estimate of drug-likeness (QED) is 0.149. The van der Waals surface area contributed by atoms with Gasteiger partial charge in [-0.15, -0.1) is 48.1 Å². The third-order valence-corrected chi connectivity index (χ3v) is 14.3. The van der Waals surface area contributed by atoms with Gasteiger partial charge < -0.3 is 19.1 Å². The first-order chi connectivity index (χ1) is 32.6. The van der Waals surface area contributed by atoms with Crippen molar-refractivity contribution in [3.63, 3.8) is 0 Å². The standard InChI is InChI=1S/C65H73N4O.Pt/c1-60(2,3)43-30-31-66-59(36-43)69-55-29-26-44(65(16,17)42-22-19-18-20-23-42)35-52(55)51-28-27-50(38-56(51)69)70-49-25-21-24-47(37-49)67-41-68(48-33-45(61(4,5)6)32-46(34-48)62(7,8)9)58-40-54(64(13,14)15)53(39-57(58)67)63(10,11)12;/h18-36,39-41H,1-17H3;/q-3;. The monoisotopic (exact) mass is 1120 g/mol. The molecular weight excluding hydrogens is 1050 g/mol. The fourth-order valence-corrected chi connectivity index (χ4v) is 9.85. The fourth-order valence-electron chi connectivity index (χ4n) is 9.85. The Morgan fingerprint density at radius 2 is 1.06 bits per heavy atom. The van der Waals surface area contributed by atoms with Crippen molar-refractivity contribution < 1.29 is 25.8 Å². The van der Waals surface area contributed by atoms with Gasteiger partial charge in [-0.1, -0.05) is 172 Å². The predicted molar refractivity (Wildman–Crippen MR) is 296 cm³/mol. The summed E-state index contributed by atoms with van der Waals surface area (Å²) in [5.74, 6) is 2.06. The van der Waals surface area contributed by atoms with Gasteiger partial charge in [0.25, 0.3) is 0 Å². The van der Waals surface area contributed by atoms with Crippen LogP contribution in [0.3, 0.4) is 0 Å². The van der Waals surface area contributed by atoms with Gasteiger partial charge in [-0.25, -0.2) is 4.98 Å². The molecule has 8 aromatic rings. The van der Waals surface area contributed by atoms with Gasteiger partial charge >= 0.3 is 0 Å². The van der Waals surface area contributed by atoms with Gasteiger partial charge in [-0.3, -0.25) is 0 Å². The van der Waals surface area contributed by atoms with Gasteiger partial charge in [0, 0.05) is 66.8 Å². The second-order valence-electron chi connectivity index (χ2n) is 25.3. The molecule has 0 unspecified atom stereocenters. The first-order valence-corrected chi connectivity index (χ1v) is 25.1. The number of pyridine rings is 1. The zero-order valence-electron chi connectivity index (χ0n) is 45.2. The Hall–Kier alpha value is -5.64. The number of benzene rings is 6. The van der Waals surface area contributed by atoms with E-state index in [4.69, 9.17) is 9.72 Å². The molecule has 0 saturated carbocycles. The molecule has 0 spiro atoms. The predicted octanol–water partition coefficient (Wildman–Crippen LogP) is 17.8.